The highest BCUT2D eigenvalue weighted by molar-refractivity contribution is 6.15. The number of carboxylic acid groups (broad SMARTS) is 1. The van der Waals surface area contributed by atoms with Gasteiger partial charge in [0.05, 0.1) is 22.3 Å². The highest BCUT2D eigenvalue weighted by Crippen LogP contribution is 2.42. The number of hydrogen-bond acceptors (Lipinski definition) is 4. The fourth-order valence-electron chi connectivity index (χ4n) is 3.65. The maximum Gasteiger partial charge on any atom is 0.417 e. The first kappa shape index (κ1) is 22.9. The lowest BCUT2D eigenvalue weighted by molar-refractivity contribution is -0.137. The number of fused-ring (bicyclic) bond motifs is 1. The van der Waals surface area contributed by atoms with Crippen LogP contribution in [0.3, 0.4) is 0 Å². The molecule has 1 amide bonds. The SMILES string of the molecule is CC(=O)NCCC(=O)c1c(-c2ccccc2C(F)(F)F)n(C)c2cc(O)c(C(=O)O)cc12. The molecule has 1 heterocycles. The molecule has 32 heavy (non-hydrogen) atoms. The normalized spacial score (nSPS) is 11.5. The smallest absolute Gasteiger partial charge is 0.417 e. The van der Waals surface area contributed by atoms with E-state index in [0.29, 0.717) is 0 Å². The Morgan fingerprint density at radius 2 is 1.78 bits per heavy atom. The van der Waals surface area contributed by atoms with Gasteiger partial charge in [-0.3, -0.25) is 9.59 Å². The number of aryl methyl sites for hydroxylation is 1. The molecule has 3 rings (SSSR count). The molecular weight excluding hydrogens is 429 g/mol. The minimum atomic E-state index is -4.71. The van der Waals surface area contributed by atoms with E-state index in [2.05, 4.69) is 5.32 Å². The molecular formula is C22H19F3N2O5. The number of carbonyl (C=O) groups is 3. The number of carboxylic acids is 1. The van der Waals surface area contributed by atoms with Crippen molar-refractivity contribution in [1.29, 1.82) is 0 Å². The Hall–Kier alpha value is -3.82. The van der Waals surface area contributed by atoms with Crippen LogP contribution in [0.15, 0.2) is 36.4 Å². The second kappa shape index (κ2) is 8.37. The summed E-state index contributed by atoms with van der Waals surface area (Å²) in [5.74, 6) is -3.00. The summed E-state index contributed by atoms with van der Waals surface area (Å²) >= 11 is 0. The summed E-state index contributed by atoms with van der Waals surface area (Å²) in [6.07, 6.45) is -4.93. The largest absolute Gasteiger partial charge is 0.507 e. The second-order valence-corrected chi connectivity index (χ2v) is 7.17. The number of nitrogens with zero attached hydrogens (tertiary/aromatic N) is 1. The molecule has 0 radical (unpaired) electrons. The zero-order chi connectivity index (χ0) is 23.8. The van der Waals surface area contributed by atoms with Crippen molar-refractivity contribution < 1.29 is 37.8 Å². The second-order valence-electron chi connectivity index (χ2n) is 7.17. The molecule has 0 unspecified atom stereocenters. The topological polar surface area (TPSA) is 109 Å². The van der Waals surface area contributed by atoms with E-state index in [1.165, 1.54) is 36.7 Å². The quantitative estimate of drug-likeness (QED) is 0.495. The Balaban J connectivity index is 2.35. The van der Waals surface area contributed by atoms with E-state index < -0.39 is 34.8 Å². The first-order chi connectivity index (χ1) is 14.9. The third-order valence-corrected chi connectivity index (χ3v) is 5.04. The third kappa shape index (κ3) is 4.16. The van der Waals surface area contributed by atoms with E-state index in [-0.39, 0.29) is 46.6 Å². The van der Waals surface area contributed by atoms with Crippen molar-refractivity contribution in [2.75, 3.05) is 6.54 Å². The van der Waals surface area contributed by atoms with Crippen LogP contribution in [0.4, 0.5) is 13.2 Å². The molecule has 0 bridgehead atoms. The molecule has 0 saturated carbocycles. The Labute approximate surface area is 180 Å². The van der Waals surface area contributed by atoms with Gasteiger partial charge in [-0.1, -0.05) is 18.2 Å². The van der Waals surface area contributed by atoms with Crippen LogP contribution in [0.2, 0.25) is 0 Å². The molecule has 0 fully saturated rings. The van der Waals surface area contributed by atoms with Crippen molar-refractivity contribution in [1.82, 2.24) is 9.88 Å². The standard InChI is InChI=1S/C22H19F3N2O5/c1-11(28)26-8-7-17(29)19-13-9-14(21(31)32)18(30)10-16(13)27(2)20(19)12-5-3-4-6-15(12)22(23,24)25/h3-6,9-10,30H,7-8H2,1-2H3,(H,26,28)(H,31,32). The molecule has 3 N–H and O–H groups in total. The number of carbonyl (C=O) groups excluding carboxylic acids is 2. The van der Waals surface area contributed by atoms with Crippen LogP contribution in [0.5, 0.6) is 5.75 Å². The summed E-state index contributed by atoms with van der Waals surface area (Å²) < 4.78 is 42.5. The maximum absolute atomic E-state index is 13.7. The summed E-state index contributed by atoms with van der Waals surface area (Å²) in [5.41, 5.74) is -1.73. The van der Waals surface area contributed by atoms with Gasteiger partial charge in [0.1, 0.15) is 11.3 Å². The van der Waals surface area contributed by atoms with Gasteiger partial charge in [0.15, 0.2) is 5.78 Å². The predicted molar refractivity (Wildman–Crippen MR) is 110 cm³/mol. The van der Waals surface area contributed by atoms with Gasteiger partial charge in [-0.15, -0.1) is 0 Å². The lowest BCUT2D eigenvalue weighted by Crippen LogP contribution is -2.23. The van der Waals surface area contributed by atoms with E-state index in [9.17, 15) is 37.8 Å². The van der Waals surface area contributed by atoms with E-state index in [1.807, 2.05) is 0 Å². The molecule has 1 aromatic heterocycles. The monoisotopic (exact) mass is 448 g/mol. The predicted octanol–water partition coefficient (Wildman–Crippen LogP) is 3.98. The van der Waals surface area contributed by atoms with E-state index in [1.54, 1.807) is 0 Å². The van der Waals surface area contributed by atoms with Gasteiger partial charge in [-0.2, -0.15) is 13.2 Å². The van der Waals surface area contributed by atoms with Crippen molar-refractivity contribution in [3.63, 3.8) is 0 Å². The molecule has 168 valence electrons. The van der Waals surface area contributed by atoms with E-state index >= 15 is 0 Å². The van der Waals surface area contributed by atoms with Crippen LogP contribution in [0.1, 0.15) is 39.6 Å². The number of aromatic hydroxyl groups is 1. The number of Topliss-reactive ketones (excluding diaryl/α,β-unsaturated/α-hetero) is 1. The maximum atomic E-state index is 13.7. The Morgan fingerprint density at radius 1 is 1.12 bits per heavy atom. The Bertz CT molecular complexity index is 1240. The Morgan fingerprint density at radius 3 is 2.38 bits per heavy atom. The van der Waals surface area contributed by atoms with E-state index in [4.69, 9.17) is 0 Å². The number of alkyl halides is 3. The van der Waals surface area contributed by atoms with Crippen molar-refractivity contribution >= 4 is 28.6 Å². The molecule has 3 aromatic rings. The fourth-order valence-corrected chi connectivity index (χ4v) is 3.65. The number of aromatic nitrogens is 1. The summed E-state index contributed by atoms with van der Waals surface area (Å²) in [4.78, 5) is 35.7. The summed E-state index contributed by atoms with van der Waals surface area (Å²) in [6.45, 7) is 1.21. The van der Waals surface area contributed by atoms with Gasteiger partial charge >= 0.3 is 12.1 Å². The first-order valence-corrected chi connectivity index (χ1v) is 9.46. The minimum Gasteiger partial charge on any atom is -0.507 e. The van der Waals surface area contributed by atoms with Crippen molar-refractivity contribution in [2.24, 2.45) is 7.05 Å². The molecule has 2 aromatic carbocycles. The number of rotatable bonds is 6. The summed E-state index contributed by atoms with van der Waals surface area (Å²) in [6, 6.07) is 6.90. The number of nitrogens with one attached hydrogen (secondary N) is 1. The van der Waals surface area contributed by atoms with Gasteiger partial charge < -0.3 is 20.1 Å². The van der Waals surface area contributed by atoms with Gasteiger partial charge in [-0.25, -0.2) is 4.79 Å². The van der Waals surface area contributed by atoms with Crippen molar-refractivity contribution in [2.45, 2.75) is 19.5 Å². The number of halogens is 3. The molecule has 0 saturated heterocycles. The zero-order valence-corrected chi connectivity index (χ0v) is 17.1. The average Bonchev–Trinajstić information content (AvgIpc) is 2.98. The third-order valence-electron chi connectivity index (χ3n) is 5.04. The zero-order valence-electron chi connectivity index (χ0n) is 17.1. The van der Waals surface area contributed by atoms with Crippen LogP contribution in [-0.4, -0.2) is 39.0 Å². The Kier molecular flexibility index (Phi) is 5.98. The first-order valence-electron chi connectivity index (χ1n) is 9.46. The fraction of sp³-hybridized carbons (Fsp3) is 0.227. The molecule has 0 spiro atoms. The molecule has 0 aliphatic rings. The summed E-state index contributed by atoms with van der Waals surface area (Å²) in [7, 11) is 1.43. The van der Waals surface area contributed by atoms with Gasteiger partial charge in [0, 0.05) is 44.0 Å². The van der Waals surface area contributed by atoms with Gasteiger partial charge in [0.25, 0.3) is 0 Å². The van der Waals surface area contributed by atoms with Crippen LogP contribution >= 0.6 is 0 Å². The van der Waals surface area contributed by atoms with Gasteiger partial charge in [-0.05, 0) is 12.1 Å². The highest BCUT2D eigenvalue weighted by Gasteiger charge is 2.36. The lowest BCUT2D eigenvalue weighted by Gasteiger charge is -2.15. The minimum absolute atomic E-state index is 0.0468. The van der Waals surface area contributed by atoms with Crippen LogP contribution in [0.25, 0.3) is 22.2 Å². The molecule has 0 atom stereocenters. The lowest BCUT2D eigenvalue weighted by atomic mass is 9.96. The molecule has 0 aliphatic carbocycles. The number of benzene rings is 2. The molecule has 10 heteroatoms. The van der Waals surface area contributed by atoms with E-state index in [0.717, 1.165) is 18.2 Å². The van der Waals surface area contributed by atoms with Crippen molar-refractivity contribution in [3.8, 4) is 17.0 Å². The molecule has 7 nitrogen and oxygen atoms in total. The van der Waals surface area contributed by atoms with Crippen LogP contribution in [0, 0.1) is 0 Å². The van der Waals surface area contributed by atoms with Gasteiger partial charge in [0.2, 0.25) is 5.91 Å². The number of ketones is 1. The highest BCUT2D eigenvalue weighted by atomic mass is 19.4. The average molecular weight is 448 g/mol. The summed E-state index contributed by atoms with van der Waals surface area (Å²) in [5, 5.41) is 22.0. The number of aromatic carboxylic acids is 1. The number of hydrogen-bond donors (Lipinski definition) is 3. The number of phenols is 1. The number of amides is 1. The van der Waals surface area contributed by atoms with Crippen LogP contribution in [-0.2, 0) is 18.0 Å². The van der Waals surface area contributed by atoms with Crippen molar-refractivity contribution in [3.05, 3.63) is 53.1 Å². The molecule has 0 aliphatic heterocycles. The van der Waals surface area contributed by atoms with Crippen LogP contribution < -0.4 is 5.32 Å².